The molecule has 2 aromatic carbocycles. The number of rotatable bonds is 8. The average Bonchev–Trinajstić information content (AvgIpc) is 3.23. The number of carbonyl (C=O) groups excluding carboxylic acids is 1. The summed E-state index contributed by atoms with van der Waals surface area (Å²) in [4.78, 5) is 16.8. The Hall–Kier alpha value is -2.68. The Morgan fingerprint density at radius 1 is 1.06 bits per heavy atom. The molecule has 2 heterocycles. The number of benzene rings is 2. The summed E-state index contributed by atoms with van der Waals surface area (Å²) >= 11 is 1.57. The summed E-state index contributed by atoms with van der Waals surface area (Å²) in [6.45, 7) is 5.52. The molecule has 1 amide bonds. The number of nitrogens with zero attached hydrogens (tertiary/aromatic N) is 3. The molecule has 164 valence electrons. The molecule has 4 rings (SSSR count). The first kappa shape index (κ1) is 21.5. The van der Waals surface area contributed by atoms with Crippen molar-refractivity contribution < 1.29 is 14.3 Å². The van der Waals surface area contributed by atoms with Crippen LogP contribution in [0.4, 0.5) is 16.3 Å². The molecule has 3 aromatic rings. The third-order valence-electron chi connectivity index (χ3n) is 5.50. The second-order valence-corrected chi connectivity index (χ2v) is 8.30. The lowest BCUT2D eigenvalue weighted by Gasteiger charge is -2.35. The van der Waals surface area contributed by atoms with E-state index in [4.69, 9.17) is 13.8 Å². The van der Waals surface area contributed by atoms with Crippen LogP contribution in [0.2, 0.25) is 0 Å². The minimum atomic E-state index is -0.450. The van der Waals surface area contributed by atoms with Gasteiger partial charge in [-0.3, -0.25) is 10.2 Å². The Morgan fingerprint density at radius 2 is 1.84 bits per heavy atom. The van der Waals surface area contributed by atoms with Gasteiger partial charge in [0.15, 0.2) is 0 Å². The van der Waals surface area contributed by atoms with Gasteiger partial charge in [0.25, 0.3) is 0 Å². The Bertz CT molecular complexity index is 1000. The van der Waals surface area contributed by atoms with E-state index in [1.54, 1.807) is 18.6 Å². The van der Waals surface area contributed by atoms with Crippen LogP contribution in [0.3, 0.4) is 0 Å². The van der Waals surface area contributed by atoms with Crippen molar-refractivity contribution in [1.82, 2.24) is 9.27 Å². The maximum Gasteiger partial charge on any atom is 0.411 e. The van der Waals surface area contributed by atoms with Crippen LogP contribution in [0, 0.1) is 0 Å². The molecule has 0 saturated carbocycles. The highest BCUT2D eigenvalue weighted by Gasteiger charge is 2.20. The summed E-state index contributed by atoms with van der Waals surface area (Å²) in [6.07, 6.45) is 0.419. The quantitative estimate of drug-likeness (QED) is 0.537. The second kappa shape index (κ2) is 10.6. The van der Waals surface area contributed by atoms with Crippen molar-refractivity contribution in [3.63, 3.8) is 0 Å². The second-order valence-electron chi connectivity index (χ2n) is 7.49. The number of ether oxygens (including phenoxy) is 2. The lowest BCUT2D eigenvalue weighted by molar-refractivity contribution is 0.107. The van der Waals surface area contributed by atoms with Crippen LogP contribution in [-0.2, 0) is 15.9 Å². The number of methoxy groups -OCH3 is 1. The van der Waals surface area contributed by atoms with Crippen LogP contribution in [0.1, 0.15) is 5.56 Å². The maximum atomic E-state index is 12.0. The molecule has 1 aromatic heterocycles. The molecule has 0 unspecified atom stereocenters. The number of anilines is 2. The molecule has 0 radical (unpaired) electrons. The molecule has 31 heavy (non-hydrogen) atoms. The molecule has 1 aliphatic rings. The molecule has 0 bridgehead atoms. The fourth-order valence-electron chi connectivity index (χ4n) is 3.79. The van der Waals surface area contributed by atoms with E-state index in [0.717, 1.165) is 56.2 Å². The Labute approximate surface area is 186 Å². The lowest BCUT2D eigenvalue weighted by Crippen LogP contribution is -2.47. The van der Waals surface area contributed by atoms with E-state index in [1.807, 2.05) is 18.2 Å². The van der Waals surface area contributed by atoms with Gasteiger partial charge < -0.3 is 14.4 Å². The standard InChI is InChI=1S/C23H28N4O3S/c1-29-16-17-30-23(28)24-20-8-4-2-6-18(20)10-11-26-12-14-27(15-13-26)22-19-7-3-5-9-21(19)31-25-22/h2-9H,10-17H2,1H3,(H,24,28). The SMILES string of the molecule is COCCOC(=O)Nc1ccccc1CCN1CCN(c2nsc3ccccc23)CC1. The predicted molar refractivity (Wildman–Crippen MR) is 125 cm³/mol. The van der Waals surface area contributed by atoms with Gasteiger partial charge in [0.05, 0.1) is 11.3 Å². The zero-order valence-electron chi connectivity index (χ0n) is 17.8. The molecule has 0 spiro atoms. The van der Waals surface area contributed by atoms with Gasteiger partial charge in [0, 0.05) is 50.9 Å². The van der Waals surface area contributed by atoms with E-state index in [2.05, 4.69) is 45.4 Å². The third kappa shape index (κ3) is 5.52. The fourth-order valence-corrected chi connectivity index (χ4v) is 4.58. The first-order valence-corrected chi connectivity index (χ1v) is 11.3. The molecule has 7 nitrogen and oxygen atoms in total. The first-order chi connectivity index (χ1) is 15.2. The van der Waals surface area contributed by atoms with E-state index in [-0.39, 0.29) is 6.61 Å². The van der Waals surface area contributed by atoms with Gasteiger partial charge in [-0.05, 0) is 41.7 Å². The van der Waals surface area contributed by atoms with E-state index in [0.29, 0.717) is 6.61 Å². The van der Waals surface area contributed by atoms with E-state index in [9.17, 15) is 4.79 Å². The number of amides is 1. The summed E-state index contributed by atoms with van der Waals surface area (Å²) in [5.74, 6) is 1.11. The minimum Gasteiger partial charge on any atom is -0.447 e. The van der Waals surface area contributed by atoms with Crippen molar-refractivity contribution in [3.05, 3.63) is 54.1 Å². The molecule has 0 aliphatic carbocycles. The van der Waals surface area contributed by atoms with E-state index in [1.165, 1.54) is 10.1 Å². The normalized spacial score (nSPS) is 14.7. The molecular weight excluding hydrogens is 412 g/mol. The minimum absolute atomic E-state index is 0.239. The molecule has 1 fully saturated rings. The van der Waals surface area contributed by atoms with Crippen LogP contribution in [0.5, 0.6) is 0 Å². The van der Waals surface area contributed by atoms with Gasteiger partial charge in [0.2, 0.25) is 0 Å². The van der Waals surface area contributed by atoms with Crippen LogP contribution in [-0.4, -0.2) is 68.4 Å². The number of carbonyl (C=O) groups is 1. The summed E-state index contributed by atoms with van der Waals surface area (Å²) in [5.41, 5.74) is 1.91. The van der Waals surface area contributed by atoms with Gasteiger partial charge in [-0.1, -0.05) is 30.3 Å². The largest absolute Gasteiger partial charge is 0.447 e. The third-order valence-corrected chi connectivity index (χ3v) is 6.32. The molecular formula is C23H28N4O3S. The lowest BCUT2D eigenvalue weighted by atomic mass is 10.1. The number of nitrogens with one attached hydrogen (secondary N) is 1. The number of para-hydroxylation sites is 1. The molecule has 1 N–H and O–H groups in total. The highest BCUT2D eigenvalue weighted by molar-refractivity contribution is 7.13. The predicted octanol–water partition coefficient (Wildman–Crippen LogP) is 3.86. The van der Waals surface area contributed by atoms with Gasteiger partial charge in [-0.2, -0.15) is 4.37 Å². The van der Waals surface area contributed by atoms with Crippen LogP contribution in [0.25, 0.3) is 10.1 Å². The molecule has 8 heteroatoms. The summed E-state index contributed by atoms with van der Waals surface area (Å²) < 4.78 is 16.0. The van der Waals surface area contributed by atoms with Crippen molar-refractivity contribution in [2.75, 3.05) is 63.3 Å². The van der Waals surface area contributed by atoms with Gasteiger partial charge in [-0.25, -0.2) is 4.79 Å². The number of aromatic nitrogens is 1. The number of hydrogen-bond donors (Lipinski definition) is 1. The highest BCUT2D eigenvalue weighted by Crippen LogP contribution is 2.29. The van der Waals surface area contributed by atoms with Crippen molar-refractivity contribution in [2.24, 2.45) is 0 Å². The summed E-state index contributed by atoms with van der Waals surface area (Å²) in [6, 6.07) is 16.3. The number of fused-ring (bicyclic) bond motifs is 1. The van der Waals surface area contributed by atoms with Crippen molar-refractivity contribution in [2.45, 2.75) is 6.42 Å². The van der Waals surface area contributed by atoms with Crippen LogP contribution < -0.4 is 10.2 Å². The van der Waals surface area contributed by atoms with Gasteiger partial charge in [0.1, 0.15) is 12.4 Å². The number of piperazine rings is 1. The van der Waals surface area contributed by atoms with E-state index >= 15 is 0 Å². The maximum absolute atomic E-state index is 12.0. The Balaban J connectivity index is 1.28. The summed E-state index contributed by atoms with van der Waals surface area (Å²) in [7, 11) is 1.58. The smallest absolute Gasteiger partial charge is 0.411 e. The Morgan fingerprint density at radius 3 is 2.68 bits per heavy atom. The van der Waals surface area contributed by atoms with Gasteiger partial charge in [-0.15, -0.1) is 0 Å². The Kier molecular flexibility index (Phi) is 7.35. The van der Waals surface area contributed by atoms with Crippen LogP contribution in [0.15, 0.2) is 48.5 Å². The van der Waals surface area contributed by atoms with E-state index < -0.39 is 6.09 Å². The van der Waals surface area contributed by atoms with Crippen molar-refractivity contribution >= 4 is 39.2 Å². The molecule has 1 saturated heterocycles. The topological polar surface area (TPSA) is 66.9 Å². The average molecular weight is 441 g/mol. The zero-order valence-corrected chi connectivity index (χ0v) is 18.6. The highest BCUT2D eigenvalue weighted by atomic mass is 32.1. The number of hydrogen-bond acceptors (Lipinski definition) is 7. The van der Waals surface area contributed by atoms with Crippen molar-refractivity contribution in [3.8, 4) is 0 Å². The van der Waals surface area contributed by atoms with Crippen molar-refractivity contribution in [1.29, 1.82) is 0 Å². The molecule has 1 aliphatic heterocycles. The van der Waals surface area contributed by atoms with Gasteiger partial charge >= 0.3 is 6.09 Å². The van der Waals surface area contributed by atoms with Crippen LogP contribution >= 0.6 is 11.5 Å². The fraction of sp³-hybridized carbons (Fsp3) is 0.391. The first-order valence-electron chi connectivity index (χ1n) is 10.6. The monoisotopic (exact) mass is 440 g/mol. The summed E-state index contributed by atoms with van der Waals surface area (Å²) in [5, 5.41) is 4.10. The molecule has 0 atom stereocenters. The zero-order chi connectivity index (χ0) is 21.5.